The zero-order chi connectivity index (χ0) is 9.97. The molecule has 0 aromatic carbocycles. The Bertz CT molecular complexity index is 353. The van der Waals surface area contributed by atoms with Gasteiger partial charge in [0.05, 0.1) is 6.54 Å². The molecule has 0 saturated heterocycles. The third-order valence-corrected chi connectivity index (χ3v) is 3.28. The molecule has 1 heterocycles. The fourth-order valence-electron chi connectivity index (χ4n) is 1.62. The number of nitrogens with zero attached hydrogens (tertiary/aromatic N) is 1. The van der Waals surface area contributed by atoms with Gasteiger partial charge in [-0.2, -0.15) is 0 Å². The molecule has 3 heteroatoms. The van der Waals surface area contributed by atoms with E-state index in [1.54, 1.807) is 17.4 Å². The Labute approximate surface area is 87.9 Å². The first kappa shape index (κ1) is 9.46. The highest BCUT2D eigenvalue weighted by Gasteiger charge is 2.15. The van der Waals surface area contributed by atoms with Gasteiger partial charge in [0, 0.05) is 30.1 Å². The lowest BCUT2D eigenvalue weighted by atomic mass is 10.3. The number of hydrogen-bond acceptors (Lipinski definition) is 3. The van der Waals surface area contributed by atoms with Crippen LogP contribution >= 0.6 is 11.3 Å². The summed E-state index contributed by atoms with van der Waals surface area (Å²) in [6, 6.07) is 4.18. The van der Waals surface area contributed by atoms with Crippen molar-refractivity contribution in [2.45, 2.75) is 19.4 Å². The molecule has 1 aliphatic carbocycles. The van der Waals surface area contributed by atoms with Gasteiger partial charge in [0.15, 0.2) is 5.78 Å². The molecule has 1 aromatic rings. The van der Waals surface area contributed by atoms with E-state index < -0.39 is 0 Å². The van der Waals surface area contributed by atoms with E-state index in [2.05, 4.69) is 22.4 Å². The molecule has 0 atom stereocenters. The Morgan fingerprint density at radius 1 is 1.50 bits per heavy atom. The summed E-state index contributed by atoms with van der Waals surface area (Å²) < 4.78 is 0. The van der Waals surface area contributed by atoms with Gasteiger partial charge in [0.25, 0.3) is 0 Å². The third-order valence-electron chi connectivity index (χ3n) is 2.42. The van der Waals surface area contributed by atoms with Gasteiger partial charge in [0.2, 0.25) is 0 Å². The zero-order valence-electron chi connectivity index (χ0n) is 8.19. The topological polar surface area (TPSA) is 20.3 Å². The monoisotopic (exact) mass is 207 g/mol. The molecule has 0 bridgehead atoms. The summed E-state index contributed by atoms with van der Waals surface area (Å²) in [6.45, 7) is 0.913. The van der Waals surface area contributed by atoms with Crippen LogP contribution in [-0.2, 0) is 11.3 Å². The molecule has 0 fully saturated rings. The second-order valence-electron chi connectivity index (χ2n) is 3.54. The number of carbonyl (C=O) groups is 1. The van der Waals surface area contributed by atoms with Crippen LogP contribution in [0.25, 0.3) is 0 Å². The molecule has 74 valence electrons. The van der Waals surface area contributed by atoms with Crippen LogP contribution in [0.5, 0.6) is 0 Å². The molecule has 0 spiro atoms. The first-order valence-electron chi connectivity index (χ1n) is 4.72. The third kappa shape index (κ3) is 2.04. The van der Waals surface area contributed by atoms with E-state index in [0.29, 0.717) is 6.42 Å². The molecule has 1 aliphatic rings. The van der Waals surface area contributed by atoms with Crippen molar-refractivity contribution in [3.05, 3.63) is 34.2 Å². The van der Waals surface area contributed by atoms with Crippen molar-refractivity contribution in [3.8, 4) is 0 Å². The molecular formula is C11H13NOS. The Hall–Kier alpha value is -1.09. The fraction of sp³-hybridized carbons (Fsp3) is 0.364. The van der Waals surface area contributed by atoms with Crippen LogP contribution in [0.4, 0.5) is 0 Å². The van der Waals surface area contributed by atoms with Crippen LogP contribution in [0.2, 0.25) is 0 Å². The molecule has 14 heavy (non-hydrogen) atoms. The van der Waals surface area contributed by atoms with Crippen molar-refractivity contribution in [3.63, 3.8) is 0 Å². The molecule has 1 aromatic heterocycles. The summed E-state index contributed by atoms with van der Waals surface area (Å²) in [7, 11) is 2.05. The summed E-state index contributed by atoms with van der Waals surface area (Å²) in [6.07, 6.45) is 3.36. The zero-order valence-corrected chi connectivity index (χ0v) is 9.01. The van der Waals surface area contributed by atoms with Crippen LogP contribution in [0.15, 0.2) is 29.3 Å². The van der Waals surface area contributed by atoms with Crippen molar-refractivity contribution in [1.82, 2.24) is 4.90 Å². The van der Waals surface area contributed by atoms with Gasteiger partial charge in [-0.05, 0) is 17.9 Å². The standard InChI is InChI=1S/C11H13NOS/c1-12(8-11-3-2-6-14-11)9-4-5-10(13)7-9/h2-3,6-7H,4-5,8H2,1H3. The van der Waals surface area contributed by atoms with E-state index >= 15 is 0 Å². The lowest BCUT2D eigenvalue weighted by Crippen LogP contribution is -2.15. The molecule has 0 radical (unpaired) electrons. The van der Waals surface area contributed by atoms with Gasteiger partial charge in [-0.25, -0.2) is 0 Å². The molecule has 2 rings (SSSR count). The first-order valence-corrected chi connectivity index (χ1v) is 5.60. The van der Waals surface area contributed by atoms with Gasteiger partial charge in [-0.15, -0.1) is 11.3 Å². The minimum absolute atomic E-state index is 0.262. The van der Waals surface area contributed by atoms with Crippen LogP contribution in [0, 0.1) is 0 Å². The molecule has 0 N–H and O–H groups in total. The molecule has 0 saturated carbocycles. The maximum Gasteiger partial charge on any atom is 0.157 e. The van der Waals surface area contributed by atoms with Crippen molar-refractivity contribution >= 4 is 17.1 Å². The summed E-state index contributed by atoms with van der Waals surface area (Å²) >= 11 is 1.76. The average Bonchev–Trinajstić information content (AvgIpc) is 2.75. The van der Waals surface area contributed by atoms with E-state index in [1.165, 1.54) is 10.6 Å². The summed E-state index contributed by atoms with van der Waals surface area (Å²) in [5.74, 6) is 0.262. The van der Waals surface area contributed by atoms with Crippen LogP contribution in [-0.4, -0.2) is 17.7 Å². The second kappa shape index (κ2) is 3.96. The fourth-order valence-corrected chi connectivity index (χ4v) is 2.38. The number of ketones is 1. The predicted molar refractivity (Wildman–Crippen MR) is 58.1 cm³/mol. The lowest BCUT2D eigenvalue weighted by molar-refractivity contribution is -0.114. The normalized spacial score (nSPS) is 15.8. The average molecular weight is 207 g/mol. The van der Waals surface area contributed by atoms with Crippen molar-refractivity contribution in [2.75, 3.05) is 7.05 Å². The maximum absolute atomic E-state index is 11.1. The Morgan fingerprint density at radius 2 is 2.36 bits per heavy atom. The summed E-state index contributed by atoms with van der Waals surface area (Å²) in [5, 5.41) is 2.08. The Kier molecular flexibility index (Phi) is 2.68. The SMILES string of the molecule is CN(Cc1cccs1)C1=CC(=O)CC1. The quantitative estimate of drug-likeness (QED) is 0.758. The Morgan fingerprint density at radius 3 is 2.93 bits per heavy atom. The minimum atomic E-state index is 0.262. The van der Waals surface area contributed by atoms with E-state index in [-0.39, 0.29) is 5.78 Å². The van der Waals surface area contributed by atoms with E-state index in [9.17, 15) is 4.79 Å². The number of thiophene rings is 1. The van der Waals surface area contributed by atoms with Crippen molar-refractivity contribution in [2.24, 2.45) is 0 Å². The molecule has 0 aliphatic heterocycles. The maximum atomic E-state index is 11.1. The van der Waals surface area contributed by atoms with E-state index in [0.717, 1.165) is 13.0 Å². The largest absolute Gasteiger partial charge is 0.373 e. The summed E-state index contributed by atoms with van der Waals surface area (Å²) in [5.41, 5.74) is 1.17. The first-order chi connectivity index (χ1) is 6.75. The molecular weight excluding hydrogens is 194 g/mol. The smallest absolute Gasteiger partial charge is 0.157 e. The van der Waals surface area contributed by atoms with Crippen LogP contribution < -0.4 is 0 Å². The minimum Gasteiger partial charge on any atom is -0.373 e. The highest BCUT2D eigenvalue weighted by molar-refractivity contribution is 7.09. The van der Waals surface area contributed by atoms with Gasteiger partial charge in [-0.3, -0.25) is 4.79 Å². The number of carbonyl (C=O) groups excluding carboxylic acids is 1. The highest BCUT2D eigenvalue weighted by atomic mass is 32.1. The van der Waals surface area contributed by atoms with Gasteiger partial charge in [-0.1, -0.05) is 6.07 Å². The van der Waals surface area contributed by atoms with Crippen molar-refractivity contribution < 1.29 is 4.79 Å². The molecule has 2 nitrogen and oxygen atoms in total. The van der Waals surface area contributed by atoms with Gasteiger partial charge < -0.3 is 4.90 Å². The van der Waals surface area contributed by atoms with Gasteiger partial charge in [0.1, 0.15) is 0 Å². The number of allylic oxidation sites excluding steroid dienone is 2. The molecule has 0 amide bonds. The second-order valence-corrected chi connectivity index (χ2v) is 4.57. The van der Waals surface area contributed by atoms with E-state index in [1.807, 2.05) is 7.05 Å². The van der Waals surface area contributed by atoms with Gasteiger partial charge >= 0.3 is 0 Å². The van der Waals surface area contributed by atoms with E-state index in [4.69, 9.17) is 0 Å². The highest BCUT2D eigenvalue weighted by Crippen LogP contribution is 2.21. The van der Waals surface area contributed by atoms with Crippen molar-refractivity contribution in [1.29, 1.82) is 0 Å². The Balaban J connectivity index is 1.99. The lowest BCUT2D eigenvalue weighted by Gasteiger charge is -2.18. The summed E-state index contributed by atoms with van der Waals surface area (Å²) in [4.78, 5) is 14.6. The number of rotatable bonds is 3. The predicted octanol–water partition coefficient (Wildman–Crippen LogP) is 2.43. The molecule has 0 unspecified atom stereocenters. The number of hydrogen-bond donors (Lipinski definition) is 0. The van der Waals surface area contributed by atoms with Crippen LogP contribution in [0.3, 0.4) is 0 Å². The van der Waals surface area contributed by atoms with Crippen LogP contribution in [0.1, 0.15) is 17.7 Å².